The molecule has 0 aliphatic carbocycles. The summed E-state index contributed by atoms with van der Waals surface area (Å²) in [4.78, 5) is 11.4. The molecule has 0 bridgehead atoms. The Morgan fingerprint density at radius 3 is 3.05 bits per heavy atom. The molecule has 0 aromatic carbocycles. The third-order valence-corrected chi connectivity index (χ3v) is 3.68. The molecule has 6 heteroatoms. The van der Waals surface area contributed by atoms with Crippen LogP contribution in [0.5, 0.6) is 0 Å². The van der Waals surface area contributed by atoms with Crippen molar-refractivity contribution in [3.63, 3.8) is 0 Å². The summed E-state index contributed by atoms with van der Waals surface area (Å²) in [5, 5.41) is 0. The van der Waals surface area contributed by atoms with E-state index in [1.165, 1.54) is 0 Å². The molecule has 2 aromatic heterocycles. The second-order valence-electron chi connectivity index (χ2n) is 5.40. The predicted molar refractivity (Wildman–Crippen MR) is 76.5 cm³/mol. The normalized spacial score (nSPS) is 20.6. The lowest BCUT2D eigenvalue weighted by Crippen LogP contribution is -2.45. The number of hydrogen-bond donors (Lipinski definition) is 1. The molecule has 2 N–H and O–H groups in total. The fourth-order valence-electron chi connectivity index (χ4n) is 2.69. The topological polar surface area (TPSA) is 68.7 Å². The van der Waals surface area contributed by atoms with Crippen LogP contribution in [-0.4, -0.2) is 51.6 Å². The van der Waals surface area contributed by atoms with Crippen molar-refractivity contribution < 1.29 is 4.74 Å². The lowest BCUT2D eigenvalue weighted by molar-refractivity contribution is -0.0263. The number of aryl methyl sites for hydroxylation is 2. The van der Waals surface area contributed by atoms with Gasteiger partial charge < -0.3 is 10.5 Å². The third kappa shape index (κ3) is 2.67. The van der Waals surface area contributed by atoms with Gasteiger partial charge in [-0.25, -0.2) is 9.97 Å². The van der Waals surface area contributed by atoms with Crippen molar-refractivity contribution in [3.05, 3.63) is 29.3 Å². The molecule has 1 aliphatic heterocycles. The van der Waals surface area contributed by atoms with E-state index in [0.717, 1.165) is 49.1 Å². The van der Waals surface area contributed by atoms with Crippen LogP contribution in [0.3, 0.4) is 0 Å². The maximum absolute atomic E-state index is 5.68. The molecular formula is C14H21N5O. The SMILES string of the molecule is Cc1cc(C)n2cc(CN3CCOC(CN)C3)nc2n1. The fraction of sp³-hybridized carbons (Fsp3) is 0.571. The Labute approximate surface area is 118 Å². The van der Waals surface area contributed by atoms with Crippen LogP contribution in [0.25, 0.3) is 5.78 Å². The van der Waals surface area contributed by atoms with Crippen molar-refractivity contribution >= 4 is 5.78 Å². The third-order valence-electron chi connectivity index (χ3n) is 3.68. The van der Waals surface area contributed by atoms with Crippen molar-refractivity contribution in [2.24, 2.45) is 5.73 Å². The van der Waals surface area contributed by atoms with Gasteiger partial charge in [0.15, 0.2) is 0 Å². The maximum Gasteiger partial charge on any atom is 0.234 e. The van der Waals surface area contributed by atoms with E-state index in [4.69, 9.17) is 10.5 Å². The molecule has 1 atom stereocenters. The van der Waals surface area contributed by atoms with Crippen LogP contribution >= 0.6 is 0 Å². The van der Waals surface area contributed by atoms with E-state index in [1.54, 1.807) is 0 Å². The maximum atomic E-state index is 5.68. The summed E-state index contributed by atoms with van der Waals surface area (Å²) in [5.41, 5.74) is 8.88. The highest BCUT2D eigenvalue weighted by atomic mass is 16.5. The van der Waals surface area contributed by atoms with Gasteiger partial charge in [0.2, 0.25) is 5.78 Å². The van der Waals surface area contributed by atoms with Crippen LogP contribution in [0.1, 0.15) is 17.1 Å². The average molecular weight is 275 g/mol. The van der Waals surface area contributed by atoms with Crippen molar-refractivity contribution in [1.29, 1.82) is 0 Å². The second kappa shape index (κ2) is 5.47. The monoisotopic (exact) mass is 275 g/mol. The number of hydrogen-bond acceptors (Lipinski definition) is 5. The first-order valence-electron chi connectivity index (χ1n) is 7.02. The largest absolute Gasteiger partial charge is 0.374 e. The molecule has 6 nitrogen and oxygen atoms in total. The van der Waals surface area contributed by atoms with Gasteiger partial charge in [0, 0.05) is 43.8 Å². The number of morpholine rings is 1. The highest BCUT2D eigenvalue weighted by Crippen LogP contribution is 2.12. The van der Waals surface area contributed by atoms with Gasteiger partial charge in [0.05, 0.1) is 18.4 Å². The number of imidazole rings is 1. The molecule has 0 saturated carbocycles. The van der Waals surface area contributed by atoms with Gasteiger partial charge in [-0.15, -0.1) is 0 Å². The fourth-order valence-corrected chi connectivity index (χ4v) is 2.69. The molecular weight excluding hydrogens is 254 g/mol. The molecule has 20 heavy (non-hydrogen) atoms. The molecule has 3 rings (SSSR count). The van der Waals surface area contributed by atoms with E-state index in [1.807, 2.05) is 11.3 Å². The molecule has 2 aromatic rings. The van der Waals surface area contributed by atoms with Crippen LogP contribution in [0.4, 0.5) is 0 Å². The van der Waals surface area contributed by atoms with E-state index in [9.17, 15) is 0 Å². The minimum absolute atomic E-state index is 0.142. The number of nitrogens with zero attached hydrogens (tertiary/aromatic N) is 4. The summed E-state index contributed by atoms with van der Waals surface area (Å²) in [6, 6.07) is 2.07. The Balaban J connectivity index is 1.79. The first kappa shape index (κ1) is 13.5. The molecule has 0 amide bonds. The summed E-state index contributed by atoms with van der Waals surface area (Å²) >= 11 is 0. The summed E-state index contributed by atoms with van der Waals surface area (Å²) in [7, 11) is 0. The van der Waals surface area contributed by atoms with Crippen LogP contribution in [0.15, 0.2) is 12.3 Å². The number of aromatic nitrogens is 3. The highest BCUT2D eigenvalue weighted by Gasteiger charge is 2.20. The van der Waals surface area contributed by atoms with Crippen LogP contribution in [0, 0.1) is 13.8 Å². The van der Waals surface area contributed by atoms with Gasteiger partial charge in [-0.1, -0.05) is 0 Å². The zero-order valence-electron chi connectivity index (χ0n) is 12.0. The van der Waals surface area contributed by atoms with Gasteiger partial charge in [-0.2, -0.15) is 0 Å². The van der Waals surface area contributed by atoms with E-state index in [0.29, 0.717) is 6.54 Å². The Hall–Kier alpha value is -1.50. The second-order valence-corrected chi connectivity index (χ2v) is 5.40. The van der Waals surface area contributed by atoms with Gasteiger partial charge in [0.25, 0.3) is 0 Å². The molecule has 108 valence electrons. The molecule has 3 heterocycles. The zero-order valence-corrected chi connectivity index (χ0v) is 12.0. The van der Waals surface area contributed by atoms with Gasteiger partial charge >= 0.3 is 0 Å². The van der Waals surface area contributed by atoms with Gasteiger partial charge in [-0.05, 0) is 19.9 Å². The number of fused-ring (bicyclic) bond motifs is 1. The number of ether oxygens (including phenoxy) is 1. The number of nitrogens with two attached hydrogens (primary N) is 1. The lowest BCUT2D eigenvalue weighted by Gasteiger charge is -2.31. The Kier molecular flexibility index (Phi) is 3.69. The van der Waals surface area contributed by atoms with Crippen molar-refractivity contribution in [1.82, 2.24) is 19.3 Å². The summed E-state index contributed by atoms with van der Waals surface area (Å²) in [5.74, 6) is 0.779. The lowest BCUT2D eigenvalue weighted by atomic mass is 10.2. The first-order chi connectivity index (χ1) is 9.65. The molecule has 1 aliphatic rings. The summed E-state index contributed by atoms with van der Waals surface area (Å²) in [6.07, 6.45) is 2.21. The molecule has 1 unspecified atom stereocenters. The van der Waals surface area contributed by atoms with Crippen molar-refractivity contribution in [3.8, 4) is 0 Å². The van der Waals surface area contributed by atoms with E-state index < -0.39 is 0 Å². The molecule has 0 spiro atoms. The Bertz CT molecular complexity index is 609. The first-order valence-corrected chi connectivity index (χ1v) is 7.02. The molecule has 1 saturated heterocycles. The van der Waals surface area contributed by atoms with Gasteiger partial charge in [0.1, 0.15) is 0 Å². The van der Waals surface area contributed by atoms with Crippen LogP contribution in [0.2, 0.25) is 0 Å². The van der Waals surface area contributed by atoms with E-state index in [2.05, 4.69) is 34.1 Å². The summed E-state index contributed by atoms with van der Waals surface area (Å²) < 4.78 is 7.63. The minimum atomic E-state index is 0.142. The smallest absolute Gasteiger partial charge is 0.234 e. The number of rotatable bonds is 3. The van der Waals surface area contributed by atoms with E-state index >= 15 is 0 Å². The Morgan fingerprint density at radius 1 is 1.40 bits per heavy atom. The van der Waals surface area contributed by atoms with Crippen molar-refractivity contribution in [2.75, 3.05) is 26.2 Å². The Morgan fingerprint density at radius 2 is 2.25 bits per heavy atom. The predicted octanol–water partition coefficient (Wildman–Crippen LogP) is 0.506. The molecule has 1 fully saturated rings. The molecule has 0 radical (unpaired) electrons. The van der Waals surface area contributed by atoms with Crippen molar-refractivity contribution in [2.45, 2.75) is 26.5 Å². The van der Waals surface area contributed by atoms with E-state index in [-0.39, 0.29) is 6.10 Å². The minimum Gasteiger partial charge on any atom is -0.374 e. The zero-order chi connectivity index (χ0) is 14.1. The van der Waals surface area contributed by atoms with Crippen LogP contribution in [-0.2, 0) is 11.3 Å². The quantitative estimate of drug-likeness (QED) is 0.883. The standard InChI is InChI=1S/C14H21N5O/c1-10-5-11(2)19-8-12(17-14(19)16-10)7-18-3-4-20-13(6-15)9-18/h5,8,13H,3-4,6-7,9,15H2,1-2H3. The average Bonchev–Trinajstić information content (AvgIpc) is 2.81. The summed E-state index contributed by atoms with van der Waals surface area (Å²) in [6.45, 7) is 8.00. The van der Waals surface area contributed by atoms with Crippen LogP contribution < -0.4 is 5.73 Å². The van der Waals surface area contributed by atoms with Gasteiger partial charge in [-0.3, -0.25) is 9.30 Å². The highest BCUT2D eigenvalue weighted by molar-refractivity contribution is 5.34.